The lowest BCUT2D eigenvalue weighted by Crippen LogP contribution is -2.34. The average Bonchev–Trinajstić information content (AvgIpc) is 2.34. The van der Waals surface area contributed by atoms with Gasteiger partial charge in [0.25, 0.3) is 0 Å². The number of nitrogens with one attached hydrogen (secondary N) is 4. The first kappa shape index (κ1) is 88.0. The lowest BCUT2D eigenvalue weighted by atomic mass is 9.91. The number of unbranched alkanes of at least 4 members (excludes halogenated alkanes) is 10. The lowest BCUT2D eigenvalue weighted by molar-refractivity contribution is -0.154. The van der Waals surface area contributed by atoms with Crippen molar-refractivity contribution in [2.24, 2.45) is 10.8 Å². The molecule has 0 unspecified atom stereocenters. The molecule has 0 aliphatic carbocycles. The van der Waals surface area contributed by atoms with E-state index in [0.717, 1.165) is 47.8 Å². The third-order valence-electron chi connectivity index (χ3n) is 13.7. The Morgan fingerprint density at radius 1 is 0.454 bits per heavy atom. The number of urea groups is 1. The van der Waals surface area contributed by atoms with Crippen LogP contribution in [0.4, 0.5) is 20.3 Å². The van der Waals surface area contributed by atoms with Crippen molar-refractivity contribution in [3.8, 4) is 0 Å². The lowest BCUT2D eigenvalue weighted by Gasteiger charge is -2.20. The summed E-state index contributed by atoms with van der Waals surface area (Å²) in [6, 6.07) is 17.0. The number of esters is 4. The minimum absolute atomic E-state index is 0.0101. The summed E-state index contributed by atoms with van der Waals surface area (Å²) in [4.78, 5) is 122. The molecule has 26 heteroatoms. The van der Waals surface area contributed by atoms with E-state index in [9.17, 15) is 43.2 Å². The highest BCUT2D eigenvalue weighted by Gasteiger charge is 2.28. The zero-order valence-corrected chi connectivity index (χ0v) is 59.5. The Labute approximate surface area is 573 Å². The van der Waals surface area contributed by atoms with E-state index < -0.39 is 35.6 Å². The summed E-state index contributed by atoms with van der Waals surface area (Å²) in [5, 5.41) is 9.94. The number of ether oxygens (including phenoxy) is 8. The molecule has 0 spiro atoms. The smallest absolute Gasteiger partial charge is 0.407 e. The molecule has 0 aliphatic heterocycles. The Bertz CT molecular complexity index is 2880. The number of alkyl carbamates (subject to hydrolysis) is 2. The van der Waals surface area contributed by atoms with Crippen LogP contribution in [-0.2, 0) is 83.5 Å². The number of pyridine rings is 3. The number of carbonyl (C=O) groups is 9. The maximum Gasteiger partial charge on any atom is 0.407 e. The molecule has 4 N–H and O–H groups in total. The van der Waals surface area contributed by atoms with Crippen LogP contribution in [0.2, 0.25) is 0 Å². The molecule has 0 aliphatic rings. The number of anilines is 1. The van der Waals surface area contributed by atoms with Crippen molar-refractivity contribution in [2.45, 2.75) is 186 Å². The highest BCUT2D eigenvalue weighted by atomic mass is 16.6. The van der Waals surface area contributed by atoms with Crippen LogP contribution in [0.15, 0.2) is 86.0 Å². The third kappa shape index (κ3) is 45.1. The van der Waals surface area contributed by atoms with Crippen molar-refractivity contribution >= 4 is 59.6 Å². The summed E-state index contributed by atoms with van der Waals surface area (Å²) >= 11 is 0. The Hall–Kier alpha value is -9.04. The summed E-state index contributed by atoms with van der Waals surface area (Å²) in [7, 11) is 3.31. The molecule has 0 atom stereocenters. The normalized spacial score (nSPS) is 10.4. The largest absolute Gasteiger partial charge is 0.465 e. The molecular formula is C71H107N9O17. The second-order valence-corrected chi connectivity index (χ2v) is 23.0. The van der Waals surface area contributed by atoms with Gasteiger partial charge in [0.1, 0.15) is 44.4 Å². The number of aromatic nitrogens is 5. The predicted octanol–water partition coefficient (Wildman–Crippen LogP) is 12.3. The SMILES string of the molecule is C=CC(=O)OCCNC(=O)OCc1cccc(COC(=O)NCCOC(=O)C=C)n1.CC(=O)c1cccc(C(C)=O)n1.CCC(C)(C)C(=O)OCCNC(=O)Nc1nc(C)cc(C)n1.CCCCCCCCCCCCCOC(=O)C(C)(C)CC.COCc1cccc(COC)n1. The van der Waals surface area contributed by atoms with E-state index in [1.807, 2.05) is 79.7 Å². The topological polar surface area (TPSA) is 340 Å². The molecular weight excluding hydrogens is 1250 g/mol. The Morgan fingerprint density at radius 2 is 0.814 bits per heavy atom. The number of aryl methyl sites for hydroxylation is 2. The summed E-state index contributed by atoms with van der Waals surface area (Å²) in [5.74, 6) is -1.49. The number of hydrogen-bond acceptors (Lipinski definition) is 22. The summed E-state index contributed by atoms with van der Waals surface area (Å²) in [5.41, 5.74) is 4.16. The van der Waals surface area contributed by atoms with Crippen LogP contribution < -0.4 is 21.3 Å². The van der Waals surface area contributed by atoms with E-state index in [0.29, 0.717) is 49.0 Å². The fourth-order valence-electron chi connectivity index (χ4n) is 7.46. The number of amides is 4. The standard InChI is InChI=1S/C19H23N3O8.C19H38O2.C15H24N4O3.C9H13NO2.C9H9NO2/c1-3-16(23)27-10-8-20-18(25)29-12-14-6-5-7-15(22-14)13-30-19(26)21-9-11-28-17(24)4-2;1-5-7-8-9-10-11-12-13-14-15-16-17-21-18(20)19(3,4)6-2;1-6-15(4,5)12(20)22-8-7-16-14(21)19-13-17-10(2)9-11(3)18-13;1-11-6-8-4-3-5-9(10-8)7-12-2;1-6(11)8-4-3-5-9(10-8)7(2)12/h3-7H,1-2,8-13H2,(H,20,25)(H,21,26);5-17H2,1-4H3;9H,6-8H2,1-5H3,(H2,16,17,18,19,21);3-5H,6-7H2,1-2H3;3-5H,1-2H3. The number of carbonyl (C=O) groups excluding carboxylic acids is 9. The predicted molar refractivity (Wildman–Crippen MR) is 368 cm³/mol. The highest BCUT2D eigenvalue weighted by molar-refractivity contribution is 5.96. The maximum atomic E-state index is 11.8. The third-order valence-corrected chi connectivity index (χ3v) is 13.7. The van der Waals surface area contributed by atoms with Crippen molar-refractivity contribution in [2.75, 3.05) is 65.6 Å². The average molecular weight is 1360 g/mol. The van der Waals surface area contributed by atoms with Gasteiger partial charge < -0.3 is 53.8 Å². The molecule has 4 rings (SSSR count). The summed E-state index contributed by atoms with van der Waals surface area (Å²) in [6.07, 6.45) is 16.7. The molecule has 538 valence electrons. The van der Waals surface area contributed by atoms with Crippen LogP contribution >= 0.6 is 0 Å². The quantitative estimate of drug-likeness (QED) is 0.0106. The zero-order chi connectivity index (χ0) is 72.9. The molecule has 0 aromatic carbocycles. The van der Waals surface area contributed by atoms with Crippen LogP contribution in [0.3, 0.4) is 0 Å². The van der Waals surface area contributed by atoms with Gasteiger partial charge in [-0.2, -0.15) is 0 Å². The Morgan fingerprint density at radius 3 is 1.20 bits per heavy atom. The van der Waals surface area contributed by atoms with Crippen molar-refractivity contribution in [3.63, 3.8) is 0 Å². The fraction of sp³-hybridized carbons (Fsp3) is 0.549. The molecule has 4 aromatic rings. The molecule has 97 heavy (non-hydrogen) atoms. The molecule has 0 saturated heterocycles. The second-order valence-electron chi connectivity index (χ2n) is 23.0. The van der Waals surface area contributed by atoms with Crippen LogP contribution in [-0.4, -0.2) is 139 Å². The Kier molecular flexibility index (Phi) is 48.2. The van der Waals surface area contributed by atoms with Crippen molar-refractivity contribution in [3.05, 3.63) is 132 Å². The molecule has 0 saturated carbocycles. The first-order chi connectivity index (χ1) is 46.2. The molecule has 0 bridgehead atoms. The van der Waals surface area contributed by atoms with E-state index in [2.05, 4.69) is 66.3 Å². The fourth-order valence-corrected chi connectivity index (χ4v) is 7.46. The van der Waals surface area contributed by atoms with Gasteiger partial charge in [-0.05, 0) is 103 Å². The van der Waals surface area contributed by atoms with Crippen molar-refractivity contribution in [1.29, 1.82) is 0 Å². The minimum atomic E-state index is -0.704. The van der Waals surface area contributed by atoms with Gasteiger partial charge in [-0.1, -0.05) is 116 Å². The summed E-state index contributed by atoms with van der Waals surface area (Å²) < 4.78 is 39.8. The van der Waals surface area contributed by atoms with Gasteiger partial charge in [0, 0.05) is 51.6 Å². The molecule has 26 nitrogen and oxygen atoms in total. The molecule has 4 heterocycles. The number of rotatable bonds is 38. The van der Waals surface area contributed by atoms with E-state index >= 15 is 0 Å². The maximum absolute atomic E-state index is 11.8. The monoisotopic (exact) mass is 1360 g/mol. The van der Waals surface area contributed by atoms with Crippen molar-refractivity contribution in [1.82, 2.24) is 40.9 Å². The summed E-state index contributed by atoms with van der Waals surface area (Å²) in [6.45, 7) is 28.8. The first-order valence-electron chi connectivity index (χ1n) is 32.7. The number of hydrogen-bond donors (Lipinski definition) is 4. The van der Waals surface area contributed by atoms with Gasteiger partial charge in [-0.15, -0.1) is 0 Å². The van der Waals surface area contributed by atoms with Crippen LogP contribution in [0, 0.1) is 24.7 Å². The van der Waals surface area contributed by atoms with E-state index in [4.69, 9.17) is 37.9 Å². The van der Waals surface area contributed by atoms with Gasteiger partial charge >= 0.3 is 42.1 Å². The zero-order valence-electron chi connectivity index (χ0n) is 59.5. The van der Waals surface area contributed by atoms with Gasteiger partial charge in [-0.25, -0.2) is 38.9 Å². The van der Waals surface area contributed by atoms with Crippen molar-refractivity contribution < 1.29 is 81.0 Å². The minimum Gasteiger partial charge on any atom is -0.465 e. The number of Topliss-reactive ketones (excluding diaryl/α,β-unsaturated/α-hetero) is 2. The first-order valence-corrected chi connectivity index (χ1v) is 32.7. The molecule has 4 amide bonds. The van der Waals surface area contributed by atoms with Crippen LogP contribution in [0.1, 0.15) is 201 Å². The molecule has 0 radical (unpaired) electrons. The van der Waals surface area contributed by atoms with E-state index in [1.54, 1.807) is 50.6 Å². The van der Waals surface area contributed by atoms with Gasteiger partial charge in [0.2, 0.25) is 5.95 Å². The number of nitrogens with zero attached hydrogens (tertiary/aromatic N) is 5. The Balaban J connectivity index is 0.00000124. The second kappa shape index (κ2) is 53.1. The van der Waals surface area contributed by atoms with E-state index in [1.165, 1.54) is 78.1 Å². The molecule has 0 fully saturated rings. The van der Waals surface area contributed by atoms with Gasteiger partial charge in [-0.3, -0.25) is 34.5 Å². The molecule has 4 aromatic heterocycles. The van der Waals surface area contributed by atoms with Gasteiger partial charge in [0.15, 0.2) is 11.6 Å². The number of ketones is 2. The van der Waals surface area contributed by atoms with E-state index in [-0.39, 0.29) is 87.5 Å². The van der Waals surface area contributed by atoms with Gasteiger partial charge in [0.05, 0.1) is 73.1 Å². The van der Waals surface area contributed by atoms with Crippen LogP contribution in [0.5, 0.6) is 0 Å². The number of methoxy groups -OCH3 is 2. The highest BCUT2D eigenvalue weighted by Crippen LogP contribution is 2.23. The van der Waals surface area contributed by atoms with Crippen LogP contribution in [0.25, 0.3) is 0 Å².